The minimum Gasteiger partial charge on any atom is -0.334 e. The van der Waals surface area contributed by atoms with Crippen molar-refractivity contribution in [2.24, 2.45) is 0 Å². The van der Waals surface area contributed by atoms with Crippen LogP contribution in [0.5, 0.6) is 0 Å². The molecule has 0 aliphatic rings. The Morgan fingerprint density at radius 2 is 1.56 bits per heavy atom. The summed E-state index contributed by atoms with van der Waals surface area (Å²) >= 11 is 0. The maximum Gasteiger partial charge on any atom is 0.245 e. The second-order valence-corrected chi connectivity index (χ2v) is 4.52. The monoisotopic (exact) mass is 256 g/mol. The van der Waals surface area contributed by atoms with E-state index in [1.165, 1.54) is 16.7 Å². The van der Waals surface area contributed by atoms with Crippen molar-refractivity contribution in [1.29, 1.82) is 0 Å². The van der Waals surface area contributed by atoms with Crippen LogP contribution >= 0.6 is 0 Å². The lowest BCUT2D eigenvalue weighted by Gasteiger charge is -2.31. The zero-order chi connectivity index (χ0) is 14.5. The Morgan fingerprint density at radius 1 is 1.06 bits per heavy atom. The molecule has 18 heavy (non-hydrogen) atoms. The highest BCUT2D eigenvalue weighted by atomic mass is 16.2. The van der Waals surface area contributed by atoms with Gasteiger partial charge in [-0.3, -0.25) is 14.4 Å². The number of carbonyl (C=O) groups excluding carboxylic acids is 3. The Morgan fingerprint density at radius 3 is 1.89 bits per heavy atom. The van der Waals surface area contributed by atoms with Crippen LogP contribution in [0.2, 0.25) is 0 Å². The summed E-state index contributed by atoms with van der Waals surface area (Å²) in [5.74, 6) is -0.327. The molecule has 2 atom stereocenters. The van der Waals surface area contributed by atoms with Gasteiger partial charge in [-0.2, -0.15) is 0 Å². The Balaban J connectivity index is 4.82. The molecular weight excluding hydrogens is 232 g/mol. The number of nitrogens with zero attached hydrogens (tertiary/aromatic N) is 2. The molecule has 104 valence electrons. The maximum atomic E-state index is 12.2. The van der Waals surface area contributed by atoms with Gasteiger partial charge in [0.15, 0.2) is 5.78 Å². The fourth-order valence-electron chi connectivity index (χ4n) is 1.91. The molecule has 0 heterocycles. The van der Waals surface area contributed by atoms with Crippen LogP contribution in [0.4, 0.5) is 0 Å². The maximum absolute atomic E-state index is 12.2. The third-order valence-corrected chi connectivity index (χ3v) is 3.31. The van der Waals surface area contributed by atoms with Crippen LogP contribution in [-0.4, -0.2) is 53.6 Å². The second-order valence-electron chi connectivity index (χ2n) is 4.52. The minimum absolute atomic E-state index is 0.0370. The fourth-order valence-corrected chi connectivity index (χ4v) is 1.91. The summed E-state index contributed by atoms with van der Waals surface area (Å²) in [4.78, 5) is 38.0. The number of ketones is 1. The van der Waals surface area contributed by atoms with E-state index in [-0.39, 0.29) is 17.6 Å². The number of hydrogen-bond acceptors (Lipinski definition) is 3. The van der Waals surface area contributed by atoms with E-state index < -0.39 is 12.1 Å². The van der Waals surface area contributed by atoms with E-state index in [1.807, 2.05) is 6.92 Å². The first-order valence-corrected chi connectivity index (χ1v) is 6.30. The van der Waals surface area contributed by atoms with E-state index in [0.29, 0.717) is 12.8 Å². The van der Waals surface area contributed by atoms with E-state index in [0.717, 1.165) is 0 Å². The van der Waals surface area contributed by atoms with Gasteiger partial charge in [-0.1, -0.05) is 13.8 Å². The van der Waals surface area contributed by atoms with E-state index >= 15 is 0 Å². The number of rotatable bonds is 6. The third kappa shape index (κ3) is 3.82. The van der Waals surface area contributed by atoms with Gasteiger partial charge in [-0.15, -0.1) is 0 Å². The Labute approximate surface area is 109 Å². The van der Waals surface area contributed by atoms with Gasteiger partial charge < -0.3 is 9.80 Å². The molecule has 0 aromatic rings. The van der Waals surface area contributed by atoms with Gasteiger partial charge in [-0.25, -0.2) is 0 Å². The first-order valence-electron chi connectivity index (χ1n) is 6.30. The lowest BCUT2D eigenvalue weighted by Crippen LogP contribution is -2.51. The minimum atomic E-state index is -0.546. The van der Waals surface area contributed by atoms with Crippen molar-refractivity contribution in [3.8, 4) is 0 Å². The molecule has 5 nitrogen and oxygen atoms in total. The highest BCUT2D eigenvalue weighted by molar-refractivity contribution is 5.91. The number of likely N-dealkylation sites (N-methyl/N-ethyl adjacent to an activating group) is 2. The molecule has 0 rings (SSSR count). The Kier molecular flexibility index (Phi) is 6.58. The summed E-state index contributed by atoms with van der Waals surface area (Å²) in [7, 11) is 3.22. The van der Waals surface area contributed by atoms with Gasteiger partial charge >= 0.3 is 0 Å². The number of carbonyl (C=O) groups is 3. The molecular formula is C13H24N2O3. The number of hydrogen-bond donors (Lipinski definition) is 0. The zero-order valence-electron chi connectivity index (χ0n) is 12.2. The fraction of sp³-hybridized carbons (Fsp3) is 0.769. The average Bonchev–Trinajstić information content (AvgIpc) is 2.35. The van der Waals surface area contributed by atoms with Crippen LogP contribution in [0, 0.1) is 0 Å². The van der Waals surface area contributed by atoms with Crippen molar-refractivity contribution >= 4 is 17.6 Å². The molecule has 2 amide bonds. The molecule has 0 radical (unpaired) electrons. The molecule has 5 heteroatoms. The van der Waals surface area contributed by atoms with Gasteiger partial charge in [0.2, 0.25) is 11.8 Å². The van der Waals surface area contributed by atoms with Crippen molar-refractivity contribution in [2.45, 2.75) is 52.6 Å². The third-order valence-electron chi connectivity index (χ3n) is 3.31. The van der Waals surface area contributed by atoms with E-state index in [2.05, 4.69) is 0 Å². The van der Waals surface area contributed by atoms with Crippen LogP contribution in [0.15, 0.2) is 0 Å². The molecule has 0 fully saturated rings. The lowest BCUT2D eigenvalue weighted by atomic mass is 10.1. The SMILES string of the molecule is CCC(=O)N(C)C(C)C(=O)N(C)C(CC)C(C)=O. The number of amides is 2. The molecule has 0 saturated heterocycles. The molecule has 0 aliphatic carbocycles. The van der Waals surface area contributed by atoms with E-state index in [9.17, 15) is 14.4 Å². The summed E-state index contributed by atoms with van der Waals surface area (Å²) in [6.07, 6.45) is 0.942. The molecule has 0 saturated carbocycles. The van der Waals surface area contributed by atoms with Crippen LogP contribution in [-0.2, 0) is 14.4 Å². The largest absolute Gasteiger partial charge is 0.334 e. The van der Waals surface area contributed by atoms with Crippen LogP contribution in [0.3, 0.4) is 0 Å². The standard InChI is InChI=1S/C13H24N2O3/c1-7-11(10(4)16)15(6)13(18)9(3)14(5)12(17)8-2/h9,11H,7-8H2,1-6H3. The quantitative estimate of drug-likeness (QED) is 0.714. The normalized spacial score (nSPS) is 13.7. The summed E-state index contributed by atoms with van der Waals surface area (Å²) < 4.78 is 0. The van der Waals surface area contributed by atoms with Crippen molar-refractivity contribution < 1.29 is 14.4 Å². The predicted molar refractivity (Wildman–Crippen MR) is 70.1 cm³/mol. The highest BCUT2D eigenvalue weighted by Crippen LogP contribution is 2.09. The second kappa shape index (κ2) is 7.13. The molecule has 0 spiro atoms. The lowest BCUT2D eigenvalue weighted by molar-refractivity contribution is -0.146. The smallest absolute Gasteiger partial charge is 0.245 e. The molecule has 0 aromatic heterocycles. The summed E-state index contributed by atoms with van der Waals surface area (Å²) in [5, 5.41) is 0. The van der Waals surface area contributed by atoms with Gasteiger partial charge in [0.25, 0.3) is 0 Å². The molecule has 0 bridgehead atoms. The highest BCUT2D eigenvalue weighted by Gasteiger charge is 2.29. The number of Topliss-reactive ketones (excluding diaryl/α,β-unsaturated/α-hetero) is 1. The van der Waals surface area contributed by atoms with Crippen molar-refractivity contribution in [3.05, 3.63) is 0 Å². The van der Waals surface area contributed by atoms with Gasteiger partial charge in [0.1, 0.15) is 6.04 Å². The van der Waals surface area contributed by atoms with E-state index in [1.54, 1.807) is 27.9 Å². The van der Waals surface area contributed by atoms with Crippen LogP contribution in [0.25, 0.3) is 0 Å². The van der Waals surface area contributed by atoms with Crippen molar-refractivity contribution in [2.75, 3.05) is 14.1 Å². The zero-order valence-corrected chi connectivity index (χ0v) is 12.2. The van der Waals surface area contributed by atoms with Gasteiger partial charge in [-0.05, 0) is 20.3 Å². The Hall–Kier alpha value is -1.39. The summed E-state index contributed by atoms with van der Waals surface area (Å²) in [5.41, 5.74) is 0. The summed E-state index contributed by atoms with van der Waals surface area (Å²) in [6.45, 7) is 6.77. The first kappa shape index (κ1) is 16.6. The molecule has 2 unspecified atom stereocenters. The predicted octanol–water partition coefficient (Wildman–Crippen LogP) is 1.07. The molecule has 0 aliphatic heterocycles. The molecule has 0 N–H and O–H groups in total. The van der Waals surface area contributed by atoms with Crippen LogP contribution < -0.4 is 0 Å². The average molecular weight is 256 g/mol. The van der Waals surface area contributed by atoms with Crippen molar-refractivity contribution in [3.63, 3.8) is 0 Å². The Bertz CT molecular complexity index is 328. The van der Waals surface area contributed by atoms with Gasteiger partial charge in [0, 0.05) is 20.5 Å². The topological polar surface area (TPSA) is 57.7 Å². The molecule has 0 aromatic carbocycles. The summed E-state index contributed by atoms with van der Waals surface area (Å²) in [6, 6.07) is -0.957. The van der Waals surface area contributed by atoms with Crippen molar-refractivity contribution in [1.82, 2.24) is 9.80 Å². The van der Waals surface area contributed by atoms with Gasteiger partial charge in [0.05, 0.1) is 6.04 Å². The van der Waals surface area contributed by atoms with Crippen LogP contribution in [0.1, 0.15) is 40.5 Å². The van der Waals surface area contributed by atoms with E-state index in [4.69, 9.17) is 0 Å². The first-order chi connectivity index (χ1) is 8.27.